The molecule has 0 aliphatic heterocycles. The standard InChI is InChI=1S/C32H35Cl2N5O5/c1-8-21(13-18(2)42-6)37-27-17-22(11-12-36-27)44-25-10-9-23(28(33)29(25)34)38-31(41)39-24-16-20(32(3,4)5)14-19(15-26(35)40)30(24)43-7/h8-14,16-17H,1-2,15H2,3-7H3,(H2,35,40)(H,36,37)(H2,38,39,41)/b21-13+. The quantitative estimate of drug-likeness (QED) is 0.117. The van der Waals surface area contributed by atoms with Crippen molar-refractivity contribution < 1.29 is 23.8 Å². The van der Waals surface area contributed by atoms with Crippen molar-refractivity contribution in [2.24, 2.45) is 5.73 Å². The first-order valence-corrected chi connectivity index (χ1v) is 14.0. The number of aromatic nitrogens is 1. The van der Waals surface area contributed by atoms with E-state index in [-0.39, 0.29) is 33.3 Å². The van der Waals surface area contributed by atoms with E-state index in [0.717, 1.165) is 5.56 Å². The zero-order valence-corrected chi connectivity index (χ0v) is 26.7. The van der Waals surface area contributed by atoms with E-state index in [0.29, 0.717) is 40.0 Å². The van der Waals surface area contributed by atoms with Crippen molar-refractivity contribution in [3.05, 3.63) is 101 Å². The lowest BCUT2D eigenvalue weighted by Crippen LogP contribution is -2.22. The van der Waals surface area contributed by atoms with Crippen LogP contribution in [0.3, 0.4) is 0 Å². The summed E-state index contributed by atoms with van der Waals surface area (Å²) >= 11 is 13.1. The van der Waals surface area contributed by atoms with Crippen LogP contribution in [0, 0.1) is 0 Å². The number of primary amides is 1. The number of urea groups is 1. The molecule has 1 aromatic heterocycles. The van der Waals surface area contributed by atoms with Gasteiger partial charge in [0.1, 0.15) is 33.8 Å². The van der Waals surface area contributed by atoms with Crippen molar-refractivity contribution >= 4 is 52.3 Å². The Balaban J connectivity index is 1.81. The molecule has 0 bridgehead atoms. The Labute approximate surface area is 266 Å². The minimum Gasteiger partial charge on any atom is -0.497 e. The zero-order chi connectivity index (χ0) is 32.6. The first-order chi connectivity index (χ1) is 20.7. The number of rotatable bonds is 12. The molecule has 0 aliphatic rings. The molecule has 10 nitrogen and oxygen atoms in total. The van der Waals surface area contributed by atoms with Crippen molar-refractivity contribution in [1.29, 1.82) is 0 Å². The maximum Gasteiger partial charge on any atom is 0.323 e. The molecular weight excluding hydrogens is 605 g/mol. The summed E-state index contributed by atoms with van der Waals surface area (Å²) in [6.45, 7) is 13.6. The van der Waals surface area contributed by atoms with Crippen molar-refractivity contribution in [1.82, 2.24) is 4.98 Å². The maximum atomic E-state index is 13.1. The fourth-order valence-electron chi connectivity index (χ4n) is 3.95. The number of halogens is 2. The molecule has 0 fully saturated rings. The first kappa shape index (κ1) is 33.8. The van der Waals surface area contributed by atoms with E-state index in [1.165, 1.54) is 14.2 Å². The van der Waals surface area contributed by atoms with Crippen LogP contribution in [0.5, 0.6) is 17.2 Å². The fraction of sp³-hybridized carbons (Fsp3) is 0.219. The highest BCUT2D eigenvalue weighted by Crippen LogP contribution is 2.40. The number of anilines is 3. The van der Waals surface area contributed by atoms with Crippen LogP contribution >= 0.6 is 23.2 Å². The topological polar surface area (TPSA) is 137 Å². The lowest BCUT2D eigenvalue weighted by Gasteiger charge is -2.23. The number of methoxy groups -OCH3 is 2. The average molecular weight is 641 g/mol. The van der Waals surface area contributed by atoms with E-state index in [2.05, 4.69) is 34.1 Å². The number of carbonyl (C=O) groups excluding carboxylic acids is 2. The molecule has 0 saturated carbocycles. The van der Waals surface area contributed by atoms with E-state index >= 15 is 0 Å². The van der Waals surface area contributed by atoms with Crippen LogP contribution in [0.2, 0.25) is 10.0 Å². The van der Waals surface area contributed by atoms with Crippen LogP contribution in [-0.2, 0) is 21.4 Å². The van der Waals surface area contributed by atoms with Gasteiger partial charge in [0.2, 0.25) is 5.91 Å². The second-order valence-electron chi connectivity index (χ2n) is 10.5. The zero-order valence-electron chi connectivity index (χ0n) is 25.1. The Hall–Kier alpha value is -4.67. The molecule has 3 aromatic rings. The summed E-state index contributed by atoms with van der Waals surface area (Å²) in [6, 6.07) is 9.44. The van der Waals surface area contributed by atoms with Gasteiger partial charge in [0.15, 0.2) is 0 Å². The Morgan fingerprint density at radius 1 is 1.02 bits per heavy atom. The molecule has 5 N–H and O–H groups in total. The van der Waals surface area contributed by atoms with E-state index < -0.39 is 11.9 Å². The minimum absolute atomic E-state index is 0.0585. The maximum absolute atomic E-state index is 13.1. The summed E-state index contributed by atoms with van der Waals surface area (Å²) in [5.74, 6) is 1.38. The summed E-state index contributed by atoms with van der Waals surface area (Å²) < 4.78 is 16.6. The monoisotopic (exact) mass is 639 g/mol. The van der Waals surface area contributed by atoms with Gasteiger partial charge in [0.25, 0.3) is 0 Å². The van der Waals surface area contributed by atoms with E-state index in [1.54, 1.807) is 48.7 Å². The molecule has 0 saturated heterocycles. The van der Waals surface area contributed by atoms with Gasteiger partial charge in [-0.1, -0.05) is 63.2 Å². The molecule has 44 heavy (non-hydrogen) atoms. The normalized spacial score (nSPS) is 11.3. The third-order valence-electron chi connectivity index (χ3n) is 6.17. The van der Waals surface area contributed by atoms with Gasteiger partial charge in [-0.3, -0.25) is 4.79 Å². The molecule has 12 heteroatoms. The van der Waals surface area contributed by atoms with Gasteiger partial charge in [0.05, 0.1) is 37.0 Å². The SMILES string of the molecule is C=C/C(=C\C(=C)OC)Nc1cc(Oc2ccc(NC(=O)Nc3cc(C(C)(C)C)cc(CC(N)=O)c3OC)c(Cl)c2Cl)ccn1. The number of pyridine rings is 1. The molecule has 0 atom stereocenters. The number of nitrogens with two attached hydrogens (primary N) is 1. The molecular formula is C32H35Cl2N5O5. The van der Waals surface area contributed by atoms with Gasteiger partial charge in [0, 0.05) is 29.6 Å². The van der Waals surface area contributed by atoms with Crippen LogP contribution < -0.4 is 31.2 Å². The highest BCUT2D eigenvalue weighted by Gasteiger charge is 2.22. The van der Waals surface area contributed by atoms with Crippen molar-refractivity contribution in [2.75, 3.05) is 30.2 Å². The van der Waals surface area contributed by atoms with Crippen LogP contribution in [0.25, 0.3) is 0 Å². The number of ether oxygens (including phenoxy) is 3. The predicted octanol–water partition coefficient (Wildman–Crippen LogP) is 7.80. The summed E-state index contributed by atoms with van der Waals surface area (Å²) in [5.41, 5.74) is 7.81. The molecule has 232 valence electrons. The van der Waals surface area contributed by atoms with Crippen LogP contribution in [-0.4, -0.2) is 31.1 Å². The number of amides is 3. The van der Waals surface area contributed by atoms with Gasteiger partial charge in [-0.2, -0.15) is 0 Å². The third kappa shape index (κ3) is 8.92. The number of nitrogens with one attached hydrogen (secondary N) is 3. The molecule has 1 heterocycles. The molecule has 0 unspecified atom stereocenters. The summed E-state index contributed by atoms with van der Waals surface area (Å²) in [6.07, 6.45) is 4.75. The second-order valence-corrected chi connectivity index (χ2v) is 11.3. The van der Waals surface area contributed by atoms with E-state index in [4.69, 9.17) is 43.1 Å². The smallest absolute Gasteiger partial charge is 0.323 e. The average Bonchev–Trinajstić information content (AvgIpc) is 2.95. The van der Waals surface area contributed by atoms with Gasteiger partial charge in [-0.25, -0.2) is 9.78 Å². The third-order valence-corrected chi connectivity index (χ3v) is 7.04. The highest BCUT2D eigenvalue weighted by molar-refractivity contribution is 6.45. The van der Waals surface area contributed by atoms with Gasteiger partial charge < -0.3 is 35.9 Å². The van der Waals surface area contributed by atoms with Crippen LogP contribution in [0.4, 0.5) is 22.0 Å². The number of nitrogens with zero attached hydrogens (tertiary/aromatic N) is 1. The number of allylic oxidation sites excluding steroid dienone is 2. The summed E-state index contributed by atoms with van der Waals surface area (Å²) in [5, 5.41) is 8.71. The number of carbonyl (C=O) groups is 2. The Morgan fingerprint density at radius 3 is 2.34 bits per heavy atom. The largest absolute Gasteiger partial charge is 0.497 e. The predicted molar refractivity (Wildman–Crippen MR) is 176 cm³/mol. The summed E-state index contributed by atoms with van der Waals surface area (Å²) in [4.78, 5) is 29.1. The molecule has 0 aliphatic carbocycles. The Kier molecular flexibility index (Phi) is 11.3. The fourth-order valence-corrected chi connectivity index (χ4v) is 4.36. The van der Waals surface area contributed by atoms with E-state index in [9.17, 15) is 9.59 Å². The Morgan fingerprint density at radius 2 is 1.73 bits per heavy atom. The van der Waals surface area contributed by atoms with Crippen LogP contribution in [0.1, 0.15) is 31.9 Å². The number of hydrogen-bond acceptors (Lipinski definition) is 7. The second kappa shape index (κ2) is 14.7. The number of hydrogen-bond donors (Lipinski definition) is 4. The van der Waals surface area contributed by atoms with Crippen LogP contribution in [0.15, 0.2) is 79.4 Å². The highest BCUT2D eigenvalue weighted by atomic mass is 35.5. The molecule has 0 radical (unpaired) electrons. The molecule has 3 amide bonds. The minimum atomic E-state index is -0.613. The van der Waals surface area contributed by atoms with Gasteiger partial charge in [-0.15, -0.1) is 0 Å². The number of benzene rings is 2. The Bertz CT molecular complexity index is 1620. The molecule has 2 aromatic carbocycles. The van der Waals surface area contributed by atoms with Gasteiger partial charge >= 0.3 is 6.03 Å². The molecule has 0 spiro atoms. The lowest BCUT2D eigenvalue weighted by molar-refractivity contribution is -0.117. The van der Waals surface area contributed by atoms with Crippen molar-refractivity contribution in [2.45, 2.75) is 32.6 Å². The van der Waals surface area contributed by atoms with Crippen molar-refractivity contribution in [3.8, 4) is 17.2 Å². The first-order valence-electron chi connectivity index (χ1n) is 13.3. The van der Waals surface area contributed by atoms with Crippen molar-refractivity contribution in [3.63, 3.8) is 0 Å². The lowest BCUT2D eigenvalue weighted by atomic mass is 9.85. The van der Waals surface area contributed by atoms with E-state index in [1.807, 2.05) is 26.8 Å². The summed E-state index contributed by atoms with van der Waals surface area (Å²) in [7, 11) is 2.96. The molecule has 3 rings (SSSR count). The van der Waals surface area contributed by atoms with Gasteiger partial charge in [-0.05, 0) is 41.3 Å².